The van der Waals surface area contributed by atoms with Crippen molar-refractivity contribution >= 4 is 0 Å². The third kappa shape index (κ3) is 1.60. The highest BCUT2D eigenvalue weighted by molar-refractivity contribution is 5.25. The minimum atomic E-state index is 0.526. The molecule has 3 fully saturated rings. The van der Waals surface area contributed by atoms with Gasteiger partial charge < -0.3 is 0 Å². The zero-order chi connectivity index (χ0) is 14.0. The molecule has 3 saturated carbocycles. The predicted molar refractivity (Wildman–Crippen MR) is 85.4 cm³/mol. The van der Waals surface area contributed by atoms with Crippen molar-refractivity contribution in [1.82, 2.24) is 0 Å². The van der Waals surface area contributed by atoms with E-state index in [0.29, 0.717) is 16.7 Å². The first kappa shape index (κ1) is 13.2. The average molecular weight is 270 g/mol. The van der Waals surface area contributed by atoms with E-state index in [0.717, 1.165) is 17.8 Å². The van der Waals surface area contributed by atoms with Crippen LogP contribution in [0.4, 0.5) is 0 Å². The first-order valence-electron chi connectivity index (χ1n) is 8.89. The summed E-state index contributed by atoms with van der Waals surface area (Å²) in [5.41, 5.74) is 2.76. The smallest absolute Gasteiger partial charge is 0.00309 e. The van der Waals surface area contributed by atoms with Crippen LogP contribution in [0.15, 0.2) is 24.3 Å². The monoisotopic (exact) mass is 270 g/mol. The molecule has 4 aliphatic rings. The summed E-state index contributed by atoms with van der Waals surface area (Å²) < 4.78 is 0. The van der Waals surface area contributed by atoms with Crippen molar-refractivity contribution in [1.29, 1.82) is 0 Å². The molecule has 0 aromatic rings. The van der Waals surface area contributed by atoms with Crippen LogP contribution in [0.5, 0.6) is 0 Å². The van der Waals surface area contributed by atoms with Gasteiger partial charge in [0.15, 0.2) is 0 Å². The molecule has 4 aliphatic carbocycles. The van der Waals surface area contributed by atoms with Gasteiger partial charge in [-0.1, -0.05) is 44.6 Å². The molecule has 1 unspecified atom stereocenters. The van der Waals surface area contributed by atoms with Crippen LogP contribution in [-0.4, -0.2) is 0 Å². The van der Waals surface area contributed by atoms with E-state index in [4.69, 9.17) is 0 Å². The first-order valence-corrected chi connectivity index (χ1v) is 8.89. The van der Waals surface area contributed by atoms with E-state index in [-0.39, 0.29) is 0 Å². The van der Waals surface area contributed by atoms with Crippen LogP contribution < -0.4 is 0 Å². The fraction of sp³-hybridized carbons (Fsp3) is 0.800. The Balaban J connectivity index is 1.72. The van der Waals surface area contributed by atoms with Crippen molar-refractivity contribution in [2.75, 3.05) is 0 Å². The lowest BCUT2D eigenvalue weighted by Gasteiger charge is -2.59. The Morgan fingerprint density at radius 3 is 2.80 bits per heavy atom. The van der Waals surface area contributed by atoms with Gasteiger partial charge in [-0.25, -0.2) is 0 Å². The van der Waals surface area contributed by atoms with Gasteiger partial charge in [-0.2, -0.15) is 0 Å². The minimum Gasteiger partial charge on any atom is -0.0992 e. The summed E-state index contributed by atoms with van der Waals surface area (Å²) >= 11 is 0. The summed E-state index contributed by atoms with van der Waals surface area (Å²) in [6, 6.07) is 0. The first-order chi connectivity index (χ1) is 9.55. The van der Waals surface area contributed by atoms with Crippen LogP contribution in [0.3, 0.4) is 0 Å². The Morgan fingerprint density at radius 1 is 1.10 bits per heavy atom. The van der Waals surface area contributed by atoms with Crippen molar-refractivity contribution in [3.63, 3.8) is 0 Å². The van der Waals surface area contributed by atoms with E-state index in [1.165, 1.54) is 51.4 Å². The molecule has 4 rings (SSSR count). The van der Waals surface area contributed by atoms with E-state index in [2.05, 4.69) is 32.6 Å². The zero-order valence-corrected chi connectivity index (χ0v) is 13.3. The molecule has 0 aromatic heterocycles. The topological polar surface area (TPSA) is 0 Å². The molecule has 0 heteroatoms. The van der Waals surface area contributed by atoms with Gasteiger partial charge in [0.1, 0.15) is 0 Å². The van der Waals surface area contributed by atoms with Crippen LogP contribution in [0.25, 0.3) is 0 Å². The van der Waals surface area contributed by atoms with Crippen LogP contribution in [-0.2, 0) is 0 Å². The maximum Gasteiger partial charge on any atom is 0.00309 e. The Kier molecular flexibility index (Phi) is 2.79. The van der Waals surface area contributed by atoms with Gasteiger partial charge in [0.2, 0.25) is 0 Å². The van der Waals surface area contributed by atoms with Gasteiger partial charge in [-0.05, 0) is 73.5 Å². The van der Waals surface area contributed by atoms with Gasteiger partial charge in [-0.15, -0.1) is 0 Å². The van der Waals surface area contributed by atoms with Crippen LogP contribution in [0.1, 0.15) is 65.2 Å². The second-order valence-electron chi connectivity index (χ2n) is 8.77. The maximum absolute atomic E-state index is 4.52. The Hall–Kier alpha value is -0.520. The predicted octanol–water partition coefficient (Wildman–Crippen LogP) is 5.75. The van der Waals surface area contributed by atoms with Crippen LogP contribution in [0, 0.1) is 34.5 Å². The van der Waals surface area contributed by atoms with E-state index in [1.54, 1.807) is 5.57 Å². The summed E-state index contributed by atoms with van der Waals surface area (Å²) in [6.45, 7) is 9.71. The normalized spacial score (nSPS) is 54.2. The molecule has 0 heterocycles. The molecule has 0 bridgehead atoms. The summed E-state index contributed by atoms with van der Waals surface area (Å²) in [5.74, 6) is 3.61. The standard InChI is InChI=1S/C20H30/c1-14-13-15-17-8-6-10-19(17,2)12-9-18(15)20(3)11-5-4-7-16(14)20/h4,7,15-18H,1,5-6,8-13H2,2-3H3/t15-,16?,17-,18-,19-,20-/m0/s1. The second-order valence-corrected chi connectivity index (χ2v) is 8.77. The number of rotatable bonds is 0. The Labute approximate surface area is 124 Å². The van der Waals surface area contributed by atoms with Gasteiger partial charge in [0.05, 0.1) is 0 Å². The van der Waals surface area contributed by atoms with E-state index in [9.17, 15) is 0 Å². The van der Waals surface area contributed by atoms with Gasteiger partial charge in [0.25, 0.3) is 0 Å². The largest absolute Gasteiger partial charge is 0.0992 e. The molecule has 0 spiro atoms. The molecule has 0 aliphatic heterocycles. The van der Waals surface area contributed by atoms with Gasteiger partial charge in [-0.3, -0.25) is 0 Å². The second kappa shape index (κ2) is 4.24. The average Bonchev–Trinajstić information content (AvgIpc) is 2.81. The number of hydrogen-bond acceptors (Lipinski definition) is 0. The quantitative estimate of drug-likeness (QED) is 0.491. The minimum absolute atomic E-state index is 0.526. The van der Waals surface area contributed by atoms with E-state index in [1.807, 2.05) is 0 Å². The third-order valence-corrected chi connectivity index (χ3v) is 7.89. The summed E-state index contributed by atoms with van der Waals surface area (Å²) in [5, 5.41) is 0. The van der Waals surface area contributed by atoms with Crippen molar-refractivity contribution in [2.45, 2.75) is 65.2 Å². The van der Waals surface area contributed by atoms with Crippen molar-refractivity contribution in [2.24, 2.45) is 34.5 Å². The molecule has 0 N–H and O–H groups in total. The molecular formula is C20H30. The highest BCUT2D eigenvalue weighted by atomic mass is 14.6. The fourth-order valence-corrected chi connectivity index (χ4v) is 6.83. The molecule has 20 heavy (non-hydrogen) atoms. The summed E-state index contributed by atoms with van der Waals surface area (Å²) in [4.78, 5) is 0. The molecule has 110 valence electrons. The summed E-state index contributed by atoms with van der Waals surface area (Å²) in [6.07, 6.45) is 16.4. The molecule has 0 aromatic carbocycles. The van der Waals surface area contributed by atoms with E-state index < -0.39 is 0 Å². The zero-order valence-electron chi connectivity index (χ0n) is 13.3. The molecule has 0 amide bonds. The van der Waals surface area contributed by atoms with Crippen LogP contribution >= 0.6 is 0 Å². The molecule has 0 saturated heterocycles. The molecule has 0 nitrogen and oxygen atoms in total. The van der Waals surface area contributed by atoms with Gasteiger partial charge in [0, 0.05) is 5.92 Å². The fourth-order valence-electron chi connectivity index (χ4n) is 6.83. The highest BCUT2D eigenvalue weighted by Gasteiger charge is 2.57. The lowest BCUT2D eigenvalue weighted by molar-refractivity contribution is -0.0605. The lowest BCUT2D eigenvalue weighted by Crippen LogP contribution is -2.51. The number of fused-ring (bicyclic) bond motifs is 5. The summed E-state index contributed by atoms with van der Waals surface area (Å²) in [7, 11) is 0. The Bertz CT molecular complexity index is 459. The van der Waals surface area contributed by atoms with Crippen molar-refractivity contribution in [3.05, 3.63) is 24.3 Å². The number of hydrogen-bond donors (Lipinski definition) is 0. The van der Waals surface area contributed by atoms with Gasteiger partial charge >= 0.3 is 0 Å². The lowest BCUT2D eigenvalue weighted by atomic mass is 9.45. The van der Waals surface area contributed by atoms with E-state index >= 15 is 0 Å². The van der Waals surface area contributed by atoms with Crippen molar-refractivity contribution in [3.8, 4) is 0 Å². The molecular weight excluding hydrogens is 240 g/mol. The third-order valence-electron chi connectivity index (χ3n) is 7.89. The highest BCUT2D eigenvalue weighted by Crippen LogP contribution is 2.66. The SMILES string of the molecule is C=C1C[C@H]2[C@@H]3CCC[C@@]3(C)CC[C@@H]2[C@@]2(C)CCC=CC12. The van der Waals surface area contributed by atoms with Crippen LogP contribution in [0.2, 0.25) is 0 Å². The molecule has 0 radical (unpaired) electrons. The Morgan fingerprint density at radius 2 is 1.95 bits per heavy atom. The van der Waals surface area contributed by atoms with Crippen molar-refractivity contribution < 1.29 is 0 Å². The molecule has 6 atom stereocenters. The maximum atomic E-state index is 4.52. The number of allylic oxidation sites excluding steroid dienone is 3.